The van der Waals surface area contributed by atoms with Crippen molar-refractivity contribution in [3.8, 4) is 0 Å². The number of hydrogen-bond donors (Lipinski definition) is 2. The molecule has 0 radical (unpaired) electrons. The Balaban J connectivity index is 2.57. The number of aliphatic hydroxyl groups excluding tert-OH is 1. The molecule has 2 N–H and O–H groups in total. The normalized spacial score (nSPS) is 20.7. The number of carbonyl (C=O) groups is 1. The molecule has 1 aliphatic carbocycles. The van der Waals surface area contributed by atoms with Crippen molar-refractivity contribution in [2.24, 2.45) is 5.92 Å². The summed E-state index contributed by atoms with van der Waals surface area (Å²) in [6, 6.07) is 1.32. The lowest BCUT2D eigenvalue weighted by atomic mass is 10.0. The van der Waals surface area contributed by atoms with Gasteiger partial charge in [0.2, 0.25) is 0 Å². The zero-order valence-corrected chi connectivity index (χ0v) is 12.8. The molecule has 1 aliphatic rings. The van der Waals surface area contributed by atoms with E-state index < -0.39 is 57.3 Å². The molecular weight excluding hydrogens is 335 g/mol. The topological polar surface area (TPSA) is 70.4 Å². The van der Waals surface area contributed by atoms with Crippen molar-refractivity contribution >= 4 is 29.0 Å². The van der Waals surface area contributed by atoms with Gasteiger partial charge in [0.15, 0.2) is 5.82 Å². The largest absolute Gasteiger partial charge is 0.506 e. The minimum atomic E-state index is -1.32. The predicted molar refractivity (Wildman–Crippen MR) is 78.3 cm³/mol. The van der Waals surface area contributed by atoms with Gasteiger partial charge in [0.25, 0.3) is 0 Å². The highest BCUT2D eigenvalue weighted by molar-refractivity contribution is 6.31. The average Bonchev–Trinajstić information content (AvgIpc) is 3.20. The number of carbonyl (C=O) groups excluding carboxylic acids is 1. The first kappa shape index (κ1) is 17.3. The van der Waals surface area contributed by atoms with E-state index in [0.29, 0.717) is 12.1 Å². The zero-order valence-electron chi connectivity index (χ0n) is 12.0. The standard InChI is InChI=1S/C15H13ClF3NO3/c1-2-23-15(22)11(13(20)7-5-10(7)18)14(21)8-3-6(17)4-9(16)12(8)19/h3-4,7,10,20-21H,2,5H2,1H3/t7-,10+/m1/s1. The van der Waals surface area contributed by atoms with Crippen LogP contribution in [0.15, 0.2) is 17.7 Å². The van der Waals surface area contributed by atoms with E-state index in [9.17, 15) is 23.1 Å². The second kappa shape index (κ2) is 6.62. The van der Waals surface area contributed by atoms with Gasteiger partial charge >= 0.3 is 5.97 Å². The third-order valence-electron chi connectivity index (χ3n) is 3.32. The molecule has 2 atom stereocenters. The van der Waals surface area contributed by atoms with Gasteiger partial charge in [-0.15, -0.1) is 0 Å². The van der Waals surface area contributed by atoms with Crippen molar-refractivity contribution in [1.82, 2.24) is 0 Å². The first-order chi connectivity index (χ1) is 10.8. The van der Waals surface area contributed by atoms with Crippen LogP contribution in [-0.4, -0.2) is 29.6 Å². The average molecular weight is 348 g/mol. The van der Waals surface area contributed by atoms with E-state index in [0.717, 1.165) is 0 Å². The molecule has 2 rings (SSSR count). The monoisotopic (exact) mass is 347 g/mol. The maximum Gasteiger partial charge on any atom is 0.343 e. The molecule has 0 heterocycles. The molecule has 124 valence electrons. The molecule has 1 aromatic rings. The summed E-state index contributed by atoms with van der Waals surface area (Å²) >= 11 is 5.51. The number of ether oxygens (including phenoxy) is 1. The highest BCUT2D eigenvalue weighted by atomic mass is 35.5. The van der Waals surface area contributed by atoms with Crippen molar-refractivity contribution in [3.63, 3.8) is 0 Å². The number of hydrogen-bond acceptors (Lipinski definition) is 4. The Labute approximate surface area is 135 Å². The van der Waals surface area contributed by atoms with Gasteiger partial charge in [0, 0.05) is 5.92 Å². The lowest BCUT2D eigenvalue weighted by Crippen LogP contribution is -2.20. The molecule has 4 nitrogen and oxygen atoms in total. The summed E-state index contributed by atoms with van der Waals surface area (Å²) in [4.78, 5) is 12.0. The summed E-state index contributed by atoms with van der Waals surface area (Å²) in [5, 5.41) is 17.4. The molecular formula is C15H13ClF3NO3. The molecule has 0 aromatic heterocycles. The van der Waals surface area contributed by atoms with Gasteiger partial charge in [-0.1, -0.05) is 11.6 Å². The molecule has 0 aliphatic heterocycles. The molecule has 0 spiro atoms. The first-order valence-corrected chi connectivity index (χ1v) is 7.13. The van der Waals surface area contributed by atoms with Crippen LogP contribution in [0, 0.1) is 23.0 Å². The van der Waals surface area contributed by atoms with Gasteiger partial charge < -0.3 is 15.3 Å². The third kappa shape index (κ3) is 3.50. The van der Waals surface area contributed by atoms with Gasteiger partial charge in [0.05, 0.1) is 22.9 Å². The van der Waals surface area contributed by atoms with Crippen LogP contribution in [0.5, 0.6) is 0 Å². The quantitative estimate of drug-likeness (QED) is 0.279. The molecule has 1 aromatic carbocycles. The van der Waals surface area contributed by atoms with Crippen molar-refractivity contribution in [3.05, 3.63) is 39.9 Å². The number of halogens is 4. The van der Waals surface area contributed by atoms with E-state index in [1.54, 1.807) is 0 Å². The third-order valence-corrected chi connectivity index (χ3v) is 3.59. The van der Waals surface area contributed by atoms with Crippen LogP contribution in [0.25, 0.3) is 5.76 Å². The second-order valence-electron chi connectivity index (χ2n) is 4.97. The van der Waals surface area contributed by atoms with E-state index in [2.05, 4.69) is 0 Å². The Kier molecular flexibility index (Phi) is 4.99. The minimum absolute atomic E-state index is 0.0153. The van der Waals surface area contributed by atoms with Gasteiger partial charge in [-0.2, -0.15) is 0 Å². The number of esters is 1. The minimum Gasteiger partial charge on any atom is -0.506 e. The molecule has 1 fully saturated rings. The number of rotatable bonds is 5. The van der Waals surface area contributed by atoms with E-state index in [1.165, 1.54) is 6.92 Å². The van der Waals surface area contributed by atoms with E-state index in [-0.39, 0.29) is 13.0 Å². The summed E-state index contributed by atoms with van der Waals surface area (Å²) in [7, 11) is 0. The van der Waals surface area contributed by atoms with Crippen LogP contribution in [0.4, 0.5) is 13.2 Å². The van der Waals surface area contributed by atoms with E-state index >= 15 is 0 Å². The summed E-state index contributed by atoms with van der Waals surface area (Å²) in [5.41, 5.74) is -1.91. The Hall–Kier alpha value is -2.02. The van der Waals surface area contributed by atoms with Crippen molar-refractivity contribution in [2.75, 3.05) is 6.61 Å². The number of benzene rings is 1. The van der Waals surface area contributed by atoms with Crippen LogP contribution in [0.1, 0.15) is 18.9 Å². The fraction of sp³-hybridized carbons (Fsp3) is 0.333. The Morgan fingerprint density at radius 3 is 2.61 bits per heavy atom. The smallest absolute Gasteiger partial charge is 0.343 e. The second-order valence-corrected chi connectivity index (χ2v) is 5.37. The van der Waals surface area contributed by atoms with Crippen LogP contribution in [0.2, 0.25) is 5.02 Å². The maximum atomic E-state index is 14.0. The number of nitrogens with one attached hydrogen (secondary N) is 1. The summed E-state index contributed by atoms with van der Waals surface area (Å²) < 4.78 is 45.3. The highest BCUT2D eigenvalue weighted by Crippen LogP contribution is 2.38. The summed E-state index contributed by atoms with van der Waals surface area (Å²) in [6.45, 7) is 1.42. The van der Waals surface area contributed by atoms with Crippen LogP contribution < -0.4 is 0 Å². The highest BCUT2D eigenvalue weighted by Gasteiger charge is 2.44. The molecule has 0 unspecified atom stereocenters. The molecule has 0 amide bonds. The SMILES string of the molecule is CCOC(=O)C(C(=N)[C@@H]1C[C@@H]1F)=C(O)c1cc(F)cc(Cl)c1F. The molecule has 1 saturated carbocycles. The van der Waals surface area contributed by atoms with Gasteiger partial charge in [0.1, 0.15) is 23.3 Å². The Bertz CT molecular complexity index is 705. The van der Waals surface area contributed by atoms with Crippen LogP contribution in [0.3, 0.4) is 0 Å². The van der Waals surface area contributed by atoms with E-state index in [4.69, 9.17) is 21.7 Å². The maximum absolute atomic E-state index is 14.0. The number of alkyl halides is 1. The molecule has 0 saturated heterocycles. The number of aliphatic hydroxyl groups is 1. The fourth-order valence-electron chi connectivity index (χ4n) is 2.05. The van der Waals surface area contributed by atoms with Gasteiger partial charge in [-0.25, -0.2) is 18.0 Å². The predicted octanol–water partition coefficient (Wildman–Crippen LogP) is 3.83. The molecule has 0 bridgehead atoms. The molecule has 23 heavy (non-hydrogen) atoms. The van der Waals surface area contributed by atoms with Gasteiger partial charge in [-0.05, 0) is 25.5 Å². The lowest BCUT2D eigenvalue weighted by Gasteiger charge is -2.12. The fourth-order valence-corrected chi connectivity index (χ4v) is 2.25. The van der Waals surface area contributed by atoms with Crippen molar-refractivity contribution in [1.29, 1.82) is 5.41 Å². The van der Waals surface area contributed by atoms with Crippen molar-refractivity contribution < 1.29 is 27.8 Å². The zero-order chi connectivity index (χ0) is 17.3. The van der Waals surface area contributed by atoms with Crippen LogP contribution in [-0.2, 0) is 9.53 Å². The van der Waals surface area contributed by atoms with Crippen LogP contribution >= 0.6 is 11.6 Å². The van der Waals surface area contributed by atoms with E-state index in [1.807, 2.05) is 0 Å². The summed E-state index contributed by atoms with van der Waals surface area (Å²) in [5.74, 6) is -5.11. The lowest BCUT2D eigenvalue weighted by molar-refractivity contribution is -0.137. The van der Waals surface area contributed by atoms with Crippen molar-refractivity contribution in [2.45, 2.75) is 19.5 Å². The Morgan fingerprint density at radius 2 is 2.09 bits per heavy atom. The first-order valence-electron chi connectivity index (χ1n) is 6.76. The van der Waals surface area contributed by atoms with Gasteiger partial charge in [-0.3, -0.25) is 0 Å². The Morgan fingerprint density at radius 1 is 1.48 bits per heavy atom. The molecule has 8 heteroatoms. The summed E-state index contributed by atoms with van der Waals surface area (Å²) in [6.07, 6.45) is -1.30.